The molecule has 0 amide bonds. The van der Waals surface area contributed by atoms with Crippen LogP contribution in [0.4, 0.5) is 0 Å². The fourth-order valence-electron chi connectivity index (χ4n) is 0.656. The number of carbonyl (C=O) groups excluding carboxylic acids is 1. The zero-order chi connectivity index (χ0) is 9.56. The van der Waals surface area contributed by atoms with Crippen molar-refractivity contribution >= 4 is 17.0 Å². The third kappa shape index (κ3) is 7.68. The summed E-state index contributed by atoms with van der Waals surface area (Å²) < 4.78 is 24.9. The number of hydrogen-bond acceptors (Lipinski definition) is 4. The summed E-state index contributed by atoms with van der Waals surface area (Å²) in [7, 11) is 0. The van der Waals surface area contributed by atoms with Gasteiger partial charge in [-0.25, -0.2) is 0 Å². The monoisotopic (exact) mass is 193 g/mol. The predicted molar refractivity (Wildman–Crippen MR) is 44.2 cm³/mol. The molecule has 4 nitrogen and oxygen atoms in total. The van der Waals surface area contributed by atoms with Gasteiger partial charge in [0.15, 0.2) is 0 Å². The standard InChI is InChI=1S/C7H14O4S/c1-6(2)11-7(8)4-3-5-12(9)10/h6H,3-5H2,1-2H3,(H,9,10)/p-1. The van der Waals surface area contributed by atoms with Crippen LogP contribution in [0.1, 0.15) is 26.7 Å². The largest absolute Gasteiger partial charge is 0.772 e. The number of hydrogen-bond donors (Lipinski definition) is 0. The Morgan fingerprint density at radius 3 is 2.58 bits per heavy atom. The minimum absolute atomic E-state index is 0.0210. The van der Waals surface area contributed by atoms with Crippen molar-refractivity contribution in [1.29, 1.82) is 0 Å². The molecule has 0 N–H and O–H groups in total. The van der Waals surface area contributed by atoms with Crippen molar-refractivity contribution in [1.82, 2.24) is 0 Å². The highest BCUT2D eigenvalue weighted by Gasteiger charge is 2.04. The first-order valence-corrected chi connectivity index (χ1v) is 5.02. The second-order valence-corrected chi connectivity index (χ2v) is 3.67. The Bertz CT molecular complexity index is 167. The second kappa shape index (κ2) is 6.14. The van der Waals surface area contributed by atoms with E-state index < -0.39 is 11.1 Å². The summed E-state index contributed by atoms with van der Waals surface area (Å²) in [6.45, 7) is 3.51. The molecule has 0 aliphatic carbocycles. The summed E-state index contributed by atoms with van der Waals surface area (Å²) >= 11 is -2.05. The minimum Gasteiger partial charge on any atom is -0.772 e. The van der Waals surface area contributed by atoms with Crippen LogP contribution < -0.4 is 0 Å². The molecule has 0 fully saturated rings. The van der Waals surface area contributed by atoms with Crippen molar-refractivity contribution in [3.63, 3.8) is 0 Å². The molecule has 0 heterocycles. The van der Waals surface area contributed by atoms with Crippen LogP contribution in [0.5, 0.6) is 0 Å². The van der Waals surface area contributed by atoms with Crippen molar-refractivity contribution < 1.29 is 18.3 Å². The van der Waals surface area contributed by atoms with Crippen molar-refractivity contribution in [3.8, 4) is 0 Å². The first-order chi connectivity index (χ1) is 5.52. The van der Waals surface area contributed by atoms with E-state index in [1.807, 2.05) is 0 Å². The minimum atomic E-state index is -2.05. The third-order valence-corrected chi connectivity index (χ3v) is 1.68. The second-order valence-electron chi connectivity index (χ2n) is 2.65. The molecule has 0 saturated carbocycles. The van der Waals surface area contributed by atoms with Crippen molar-refractivity contribution in [2.45, 2.75) is 32.8 Å². The summed E-state index contributed by atoms with van der Waals surface area (Å²) in [6, 6.07) is 0. The van der Waals surface area contributed by atoms with E-state index in [4.69, 9.17) is 4.74 Å². The molecular formula is C7H13O4S-. The molecule has 0 bridgehead atoms. The molecule has 0 rings (SSSR count). The van der Waals surface area contributed by atoms with E-state index in [0.29, 0.717) is 6.42 Å². The lowest BCUT2D eigenvalue weighted by Crippen LogP contribution is -2.12. The SMILES string of the molecule is CC(C)OC(=O)CCCS(=O)[O-]. The van der Waals surface area contributed by atoms with Crippen molar-refractivity contribution in [2.75, 3.05) is 5.75 Å². The molecule has 0 aliphatic heterocycles. The molecule has 72 valence electrons. The Morgan fingerprint density at radius 2 is 2.17 bits per heavy atom. The predicted octanol–water partition coefficient (Wildman–Crippen LogP) is 0.597. The molecule has 0 radical (unpaired) electrons. The first kappa shape index (κ1) is 11.6. The third-order valence-electron chi connectivity index (χ3n) is 1.06. The van der Waals surface area contributed by atoms with Gasteiger partial charge in [0.05, 0.1) is 6.10 Å². The molecule has 0 aromatic rings. The zero-order valence-electron chi connectivity index (χ0n) is 7.24. The van der Waals surface area contributed by atoms with Crippen LogP contribution >= 0.6 is 0 Å². The van der Waals surface area contributed by atoms with Crippen LogP contribution in [-0.4, -0.2) is 26.6 Å². The van der Waals surface area contributed by atoms with Crippen molar-refractivity contribution in [2.24, 2.45) is 0 Å². The van der Waals surface area contributed by atoms with Gasteiger partial charge in [-0.15, -0.1) is 0 Å². The fraction of sp³-hybridized carbons (Fsp3) is 0.857. The summed E-state index contributed by atoms with van der Waals surface area (Å²) in [6.07, 6.45) is 0.378. The van der Waals surface area contributed by atoms with E-state index in [2.05, 4.69) is 0 Å². The van der Waals surface area contributed by atoms with Crippen LogP contribution in [0.25, 0.3) is 0 Å². The smallest absolute Gasteiger partial charge is 0.306 e. The molecule has 5 heteroatoms. The Hall–Kier alpha value is -0.420. The van der Waals surface area contributed by atoms with E-state index in [1.165, 1.54) is 0 Å². The maximum atomic E-state index is 10.8. The topological polar surface area (TPSA) is 66.4 Å². The van der Waals surface area contributed by atoms with Gasteiger partial charge in [-0.1, -0.05) is 11.1 Å². The van der Waals surface area contributed by atoms with E-state index in [9.17, 15) is 13.6 Å². The quantitative estimate of drug-likeness (QED) is 0.473. The highest BCUT2D eigenvalue weighted by atomic mass is 32.2. The number of rotatable bonds is 5. The zero-order valence-corrected chi connectivity index (χ0v) is 8.06. The molecule has 12 heavy (non-hydrogen) atoms. The molecule has 0 aromatic heterocycles. The molecule has 1 unspecified atom stereocenters. The number of ether oxygens (including phenoxy) is 1. The summed E-state index contributed by atoms with van der Waals surface area (Å²) in [4.78, 5) is 10.8. The summed E-state index contributed by atoms with van der Waals surface area (Å²) in [5.41, 5.74) is 0. The first-order valence-electron chi connectivity index (χ1n) is 3.77. The molecule has 0 saturated heterocycles. The lowest BCUT2D eigenvalue weighted by Gasteiger charge is -2.08. The molecule has 0 spiro atoms. The molecule has 0 aromatic carbocycles. The van der Waals surface area contributed by atoms with Crippen LogP contribution in [-0.2, 0) is 20.6 Å². The van der Waals surface area contributed by atoms with E-state index in [0.717, 1.165) is 0 Å². The number of carbonyl (C=O) groups is 1. The van der Waals surface area contributed by atoms with Gasteiger partial charge >= 0.3 is 5.97 Å². The number of esters is 1. The van der Waals surface area contributed by atoms with Crippen molar-refractivity contribution in [3.05, 3.63) is 0 Å². The van der Waals surface area contributed by atoms with Crippen LogP contribution in [0, 0.1) is 0 Å². The molecule has 0 aliphatic rings. The van der Waals surface area contributed by atoms with Gasteiger partial charge in [-0.05, 0) is 20.3 Å². The Kier molecular flexibility index (Phi) is 5.92. The van der Waals surface area contributed by atoms with Gasteiger partial charge in [0.1, 0.15) is 0 Å². The fourth-order valence-corrected chi connectivity index (χ4v) is 1.04. The maximum absolute atomic E-state index is 10.8. The lowest BCUT2D eigenvalue weighted by molar-refractivity contribution is -0.147. The van der Waals surface area contributed by atoms with Gasteiger partial charge < -0.3 is 9.29 Å². The Balaban J connectivity index is 3.38. The average molecular weight is 193 g/mol. The van der Waals surface area contributed by atoms with Gasteiger partial charge in [0.25, 0.3) is 0 Å². The Morgan fingerprint density at radius 1 is 1.58 bits per heavy atom. The maximum Gasteiger partial charge on any atom is 0.306 e. The summed E-state index contributed by atoms with van der Waals surface area (Å²) in [5, 5.41) is 0. The van der Waals surface area contributed by atoms with Gasteiger partial charge in [0.2, 0.25) is 0 Å². The Labute approximate surface area is 74.6 Å². The summed E-state index contributed by atoms with van der Waals surface area (Å²) in [5.74, 6) is -0.317. The van der Waals surface area contributed by atoms with Crippen LogP contribution in [0.2, 0.25) is 0 Å². The highest BCUT2D eigenvalue weighted by molar-refractivity contribution is 7.79. The van der Waals surface area contributed by atoms with Crippen LogP contribution in [0.3, 0.4) is 0 Å². The highest BCUT2D eigenvalue weighted by Crippen LogP contribution is 1.97. The van der Waals surface area contributed by atoms with Gasteiger partial charge in [-0.2, -0.15) is 0 Å². The van der Waals surface area contributed by atoms with E-state index in [1.54, 1.807) is 13.8 Å². The van der Waals surface area contributed by atoms with Crippen LogP contribution in [0.15, 0.2) is 0 Å². The van der Waals surface area contributed by atoms with Gasteiger partial charge in [0, 0.05) is 12.2 Å². The average Bonchev–Trinajstić information content (AvgIpc) is 1.84. The lowest BCUT2D eigenvalue weighted by atomic mass is 10.3. The van der Waals surface area contributed by atoms with Gasteiger partial charge in [-0.3, -0.25) is 9.00 Å². The van der Waals surface area contributed by atoms with E-state index in [-0.39, 0.29) is 24.2 Å². The molecular weight excluding hydrogens is 180 g/mol. The normalized spacial score (nSPS) is 13.0. The molecule has 1 atom stereocenters. The van der Waals surface area contributed by atoms with E-state index >= 15 is 0 Å².